The van der Waals surface area contributed by atoms with Gasteiger partial charge in [0.2, 0.25) is 5.88 Å². The van der Waals surface area contributed by atoms with Crippen molar-refractivity contribution in [1.82, 2.24) is 15.3 Å². The van der Waals surface area contributed by atoms with Crippen LogP contribution >= 0.6 is 0 Å². The molecule has 5 heteroatoms. The van der Waals surface area contributed by atoms with E-state index in [1.165, 1.54) is 12.8 Å². The maximum absolute atomic E-state index is 5.88. The van der Waals surface area contributed by atoms with Crippen LogP contribution in [0.5, 0.6) is 5.88 Å². The van der Waals surface area contributed by atoms with Gasteiger partial charge in [-0.1, -0.05) is 6.92 Å². The number of rotatable bonds is 6. The highest BCUT2D eigenvalue weighted by Crippen LogP contribution is 2.19. The topological polar surface area (TPSA) is 56.3 Å². The molecule has 1 N–H and O–H groups in total. The molecule has 0 bridgehead atoms. The number of nitrogens with zero attached hydrogens (tertiary/aromatic N) is 2. The Morgan fingerprint density at radius 1 is 1.47 bits per heavy atom. The van der Waals surface area contributed by atoms with Crippen LogP contribution < -0.4 is 10.1 Å². The number of hydrogen-bond acceptors (Lipinski definition) is 5. The highest BCUT2D eigenvalue weighted by molar-refractivity contribution is 5.14. The summed E-state index contributed by atoms with van der Waals surface area (Å²) in [7, 11) is 1.62. The van der Waals surface area contributed by atoms with Gasteiger partial charge in [-0.25, -0.2) is 9.97 Å². The summed E-state index contributed by atoms with van der Waals surface area (Å²) in [5, 5.41) is 3.51. The molecule has 1 aliphatic heterocycles. The van der Waals surface area contributed by atoms with Crippen molar-refractivity contribution >= 4 is 0 Å². The summed E-state index contributed by atoms with van der Waals surface area (Å²) in [4.78, 5) is 8.36. The second kappa shape index (κ2) is 7.40. The molecule has 0 amide bonds. The van der Waals surface area contributed by atoms with Crippen molar-refractivity contribution in [3.05, 3.63) is 18.1 Å². The minimum Gasteiger partial charge on any atom is -0.481 e. The number of likely N-dealkylation sites (N-methyl/N-ethyl adjacent to an activating group) is 1. The zero-order valence-electron chi connectivity index (χ0n) is 11.8. The van der Waals surface area contributed by atoms with Crippen LogP contribution in [0.3, 0.4) is 0 Å². The van der Waals surface area contributed by atoms with Gasteiger partial charge in [0, 0.05) is 30.8 Å². The fourth-order valence-electron chi connectivity index (χ4n) is 2.51. The summed E-state index contributed by atoms with van der Waals surface area (Å²) < 4.78 is 11.0. The summed E-state index contributed by atoms with van der Waals surface area (Å²) in [5.41, 5.74) is 0.993. The first-order valence-corrected chi connectivity index (χ1v) is 7.03. The highest BCUT2D eigenvalue weighted by Gasteiger charge is 2.24. The second-order valence-electron chi connectivity index (χ2n) is 4.83. The molecule has 0 spiro atoms. The van der Waals surface area contributed by atoms with E-state index < -0.39 is 0 Å². The molecule has 5 nitrogen and oxygen atoms in total. The molecule has 0 aromatic carbocycles. The van der Waals surface area contributed by atoms with Crippen LogP contribution in [0.15, 0.2) is 12.4 Å². The minimum absolute atomic E-state index is 0.287. The number of methoxy groups -OCH3 is 1. The van der Waals surface area contributed by atoms with Gasteiger partial charge in [-0.3, -0.25) is 0 Å². The first kappa shape index (κ1) is 14.2. The lowest BCUT2D eigenvalue weighted by Gasteiger charge is -2.31. The molecule has 2 rings (SSSR count). The molecule has 2 atom stereocenters. The lowest BCUT2D eigenvalue weighted by Crippen LogP contribution is -2.44. The standard InChI is InChI=1S/C14H23N3O2/c1-3-15-12(13-6-4-5-7-19-13)8-11-9-14(18-2)17-10-16-11/h9-10,12-13,15H,3-8H2,1-2H3. The molecule has 0 radical (unpaired) electrons. The average molecular weight is 265 g/mol. The van der Waals surface area contributed by atoms with Crippen LogP contribution in [0.4, 0.5) is 0 Å². The molecular weight excluding hydrogens is 242 g/mol. The van der Waals surface area contributed by atoms with E-state index in [1.807, 2.05) is 6.07 Å². The Morgan fingerprint density at radius 3 is 3.05 bits per heavy atom. The third-order valence-electron chi connectivity index (χ3n) is 3.47. The van der Waals surface area contributed by atoms with E-state index >= 15 is 0 Å². The minimum atomic E-state index is 0.287. The zero-order valence-corrected chi connectivity index (χ0v) is 11.8. The number of hydrogen-bond donors (Lipinski definition) is 1. The van der Waals surface area contributed by atoms with Crippen molar-refractivity contribution in [2.45, 2.75) is 44.8 Å². The maximum Gasteiger partial charge on any atom is 0.216 e. The van der Waals surface area contributed by atoms with Gasteiger partial charge >= 0.3 is 0 Å². The molecule has 1 saturated heterocycles. The zero-order chi connectivity index (χ0) is 13.5. The van der Waals surface area contributed by atoms with Gasteiger partial charge in [-0.05, 0) is 25.8 Å². The number of aromatic nitrogens is 2. The van der Waals surface area contributed by atoms with Crippen LogP contribution in [-0.2, 0) is 11.2 Å². The van der Waals surface area contributed by atoms with Crippen molar-refractivity contribution in [1.29, 1.82) is 0 Å². The largest absolute Gasteiger partial charge is 0.481 e. The van der Waals surface area contributed by atoms with Gasteiger partial charge in [0.15, 0.2) is 0 Å². The maximum atomic E-state index is 5.88. The van der Waals surface area contributed by atoms with E-state index in [0.29, 0.717) is 11.9 Å². The van der Waals surface area contributed by atoms with Crippen LogP contribution in [0.1, 0.15) is 31.9 Å². The van der Waals surface area contributed by atoms with Crippen LogP contribution in [0, 0.1) is 0 Å². The molecule has 2 heterocycles. The SMILES string of the molecule is CCNC(Cc1cc(OC)ncn1)C1CCCCO1. The van der Waals surface area contributed by atoms with Gasteiger partial charge in [-0.2, -0.15) is 0 Å². The third-order valence-corrected chi connectivity index (χ3v) is 3.47. The van der Waals surface area contributed by atoms with E-state index in [-0.39, 0.29) is 6.10 Å². The van der Waals surface area contributed by atoms with E-state index in [2.05, 4.69) is 22.2 Å². The molecule has 1 aliphatic rings. The first-order valence-electron chi connectivity index (χ1n) is 7.03. The molecule has 0 aliphatic carbocycles. The van der Waals surface area contributed by atoms with Gasteiger partial charge in [0.25, 0.3) is 0 Å². The third kappa shape index (κ3) is 4.14. The summed E-state index contributed by atoms with van der Waals surface area (Å²) >= 11 is 0. The van der Waals surface area contributed by atoms with Crippen LogP contribution in [-0.4, -0.2) is 42.4 Å². The molecular formula is C14H23N3O2. The Balaban J connectivity index is 2.01. The Morgan fingerprint density at radius 2 is 2.37 bits per heavy atom. The first-order chi connectivity index (χ1) is 9.33. The molecule has 0 saturated carbocycles. The lowest BCUT2D eigenvalue weighted by atomic mass is 9.98. The molecule has 1 fully saturated rings. The van der Waals surface area contributed by atoms with Crippen molar-refractivity contribution in [3.63, 3.8) is 0 Å². The monoisotopic (exact) mass is 265 g/mol. The van der Waals surface area contributed by atoms with E-state index in [0.717, 1.165) is 31.7 Å². The van der Waals surface area contributed by atoms with Crippen molar-refractivity contribution in [2.75, 3.05) is 20.3 Å². The van der Waals surface area contributed by atoms with E-state index in [9.17, 15) is 0 Å². The molecule has 19 heavy (non-hydrogen) atoms. The Kier molecular flexibility index (Phi) is 5.54. The van der Waals surface area contributed by atoms with Crippen LogP contribution in [0.2, 0.25) is 0 Å². The Hall–Kier alpha value is -1.20. The average Bonchev–Trinajstić information content (AvgIpc) is 2.48. The summed E-state index contributed by atoms with van der Waals surface area (Å²) in [6.45, 7) is 3.93. The lowest BCUT2D eigenvalue weighted by molar-refractivity contribution is -0.00729. The van der Waals surface area contributed by atoms with E-state index in [4.69, 9.17) is 9.47 Å². The normalized spacial score (nSPS) is 21.1. The number of nitrogens with one attached hydrogen (secondary N) is 1. The van der Waals surface area contributed by atoms with Crippen molar-refractivity contribution in [3.8, 4) is 5.88 Å². The summed E-state index contributed by atoms with van der Waals surface area (Å²) in [6.07, 6.45) is 6.24. The molecule has 2 unspecified atom stereocenters. The Labute approximate surface area is 114 Å². The molecule has 106 valence electrons. The highest BCUT2D eigenvalue weighted by atomic mass is 16.5. The van der Waals surface area contributed by atoms with Crippen molar-refractivity contribution in [2.24, 2.45) is 0 Å². The quantitative estimate of drug-likeness (QED) is 0.846. The number of ether oxygens (including phenoxy) is 2. The van der Waals surface area contributed by atoms with Crippen molar-refractivity contribution < 1.29 is 9.47 Å². The van der Waals surface area contributed by atoms with E-state index in [1.54, 1.807) is 13.4 Å². The van der Waals surface area contributed by atoms with Gasteiger partial charge < -0.3 is 14.8 Å². The van der Waals surface area contributed by atoms with Gasteiger partial charge in [0.1, 0.15) is 6.33 Å². The molecule has 1 aromatic rings. The molecule has 1 aromatic heterocycles. The predicted octanol–water partition coefficient (Wildman–Crippen LogP) is 1.57. The summed E-state index contributed by atoms with van der Waals surface area (Å²) in [5.74, 6) is 0.616. The fourth-order valence-corrected chi connectivity index (χ4v) is 2.51. The summed E-state index contributed by atoms with van der Waals surface area (Å²) in [6, 6.07) is 2.21. The Bertz CT molecular complexity index is 381. The van der Waals surface area contributed by atoms with Crippen LogP contribution in [0.25, 0.3) is 0 Å². The predicted molar refractivity (Wildman–Crippen MR) is 73.3 cm³/mol. The fraction of sp³-hybridized carbons (Fsp3) is 0.714. The smallest absolute Gasteiger partial charge is 0.216 e. The van der Waals surface area contributed by atoms with Gasteiger partial charge in [0.05, 0.1) is 13.2 Å². The van der Waals surface area contributed by atoms with Gasteiger partial charge in [-0.15, -0.1) is 0 Å². The second-order valence-corrected chi connectivity index (χ2v) is 4.83.